The number of halogens is 1. The van der Waals surface area contributed by atoms with Crippen LogP contribution in [0.4, 0.5) is 0 Å². The predicted octanol–water partition coefficient (Wildman–Crippen LogP) is 5.81. The number of hydrogen-bond donors (Lipinski definition) is 1. The van der Waals surface area contributed by atoms with Crippen LogP contribution in [0.1, 0.15) is 61.6 Å². The molecule has 2 aromatic carbocycles. The van der Waals surface area contributed by atoms with Gasteiger partial charge >= 0.3 is 0 Å². The molecule has 0 saturated heterocycles. The molecule has 1 fully saturated rings. The van der Waals surface area contributed by atoms with Gasteiger partial charge in [-0.25, -0.2) is 0 Å². The summed E-state index contributed by atoms with van der Waals surface area (Å²) in [5.41, 5.74) is 1.74. The molecule has 3 rings (SSSR count). The molecule has 140 valence electrons. The molecule has 1 aliphatic rings. The van der Waals surface area contributed by atoms with Crippen LogP contribution in [0.5, 0.6) is 0 Å². The lowest BCUT2D eigenvalue weighted by atomic mass is 9.70. The first-order valence-electron chi connectivity index (χ1n) is 9.69. The van der Waals surface area contributed by atoms with E-state index in [0.29, 0.717) is 0 Å². The Labute approximate surface area is 162 Å². The van der Waals surface area contributed by atoms with Gasteiger partial charge in [0, 0.05) is 17.0 Å². The molecular weight excluding hydrogens is 342 g/mol. The van der Waals surface area contributed by atoms with E-state index < -0.39 is 5.60 Å². The summed E-state index contributed by atoms with van der Waals surface area (Å²) in [6.45, 7) is 0. The van der Waals surface area contributed by atoms with Crippen LogP contribution in [0.3, 0.4) is 0 Å². The predicted molar refractivity (Wildman–Crippen MR) is 110 cm³/mol. The molecule has 2 unspecified atom stereocenters. The van der Waals surface area contributed by atoms with Gasteiger partial charge < -0.3 is 10.0 Å². The topological polar surface area (TPSA) is 23.5 Å². The lowest BCUT2D eigenvalue weighted by Gasteiger charge is -2.42. The summed E-state index contributed by atoms with van der Waals surface area (Å²) >= 11 is 6.52. The Morgan fingerprint density at radius 3 is 2.19 bits per heavy atom. The molecule has 3 heteroatoms. The monoisotopic (exact) mass is 371 g/mol. The third-order valence-corrected chi connectivity index (χ3v) is 6.26. The maximum Gasteiger partial charge on any atom is 0.0716 e. The fraction of sp³-hybridized carbons (Fsp3) is 0.478. The molecule has 0 amide bonds. The van der Waals surface area contributed by atoms with Gasteiger partial charge in [-0.15, -0.1) is 0 Å². The van der Waals surface area contributed by atoms with E-state index in [9.17, 15) is 5.11 Å². The molecule has 0 heterocycles. The molecule has 1 N–H and O–H groups in total. The summed E-state index contributed by atoms with van der Waals surface area (Å²) in [5, 5.41) is 12.4. The van der Waals surface area contributed by atoms with E-state index in [1.807, 2.05) is 24.3 Å². The van der Waals surface area contributed by atoms with Gasteiger partial charge in [0.1, 0.15) is 0 Å². The highest BCUT2D eigenvalue weighted by molar-refractivity contribution is 6.31. The minimum atomic E-state index is -0.630. The maximum absolute atomic E-state index is 11.6. The van der Waals surface area contributed by atoms with E-state index in [2.05, 4.69) is 49.3 Å². The Bertz CT molecular complexity index is 694. The molecule has 1 saturated carbocycles. The Morgan fingerprint density at radius 1 is 0.962 bits per heavy atom. The van der Waals surface area contributed by atoms with Gasteiger partial charge in [-0.1, -0.05) is 79.4 Å². The summed E-state index contributed by atoms with van der Waals surface area (Å²) < 4.78 is 0. The van der Waals surface area contributed by atoms with Crippen LogP contribution < -0.4 is 0 Å². The molecule has 0 bridgehead atoms. The van der Waals surface area contributed by atoms with Crippen molar-refractivity contribution >= 4 is 11.6 Å². The van der Waals surface area contributed by atoms with Crippen molar-refractivity contribution in [2.75, 3.05) is 14.1 Å². The van der Waals surface area contributed by atoms with Crippen LogP contribution in [-0.2, 0) is 0 Å². The highest BCUT2D eigenvalue weighted by atomic mass is 35.5. The molecule has 2 aromatic rings. The third kappa shape index (κ3) is 4.31. The second kappa shape index (κ2) is 8.56. The summed E-state index contributed by atoms with van der Waals surface area (Å²) in [4.78, 5) is 2.23. The van der Waals surface area contributed by atoms with Gasteiger partial charge in [0.15, 0.2) is 0 Å². The lowest BCUT2D eigenvalue weighted by Crippen LogP contribution is -2.40. The summed E-state index contributed by atoms with van der Waals surface area (Å²) in [7, 11) is 4.20. The van der Waals surface area contributed by atoms with Crippen LogP contribution in [0.25, 0.3) is 0 Å². The van der Waals surface area contributed by atoms with E-state index in [4.69, 9.17) is 11.6 Å². The van der Waals surface area contributed by atoms with E-state index in [0.717, 1.165) is 42.7 Å². The van der Waals surface area contributed by atoms with E-state index in [1.54, 1.807) is 0 Å². The Morgan fingerprint density at radius 2 is 1.58 bits per heavy atom. The van der Waals surface area contributed by atoms with Gasteiger partial charge in [0.25, 0.3) is 0 Å². The average Bonchev–Trinajstić information content (AvgIpc) is 2.64. The first-order chi connectivity index (χ1) is 12.5. The molecule has 0 aliphatic heterocycles. The van der Waals surface area contributed by atoms with Crippen LogP contribution in [0.15, 0.2) is 54.6 Å². The quantitative estimate of drug-likeness (QED) is 0.692. The average molecular weight is 372 g/mol. The molecule has 0 aromatic heterocycles. The van der Waals surface area contributed by atoms with E-state index in [-0.39, 0.29) is 12.0 Å². The highest BCUT2D eigenvalue weighted by Gasteiger charge is 2.40. The van der Waals surface area contributed by atoms with Crippen molar-refractivity contribution in [3.8, 4) is 0 Å². The van der Waals surface area contributed by atoms with Gasteiger partial charge in [-0.3, -0.25) is 0 Å². The van der Waals surface area contributed by atoms with Gasteiger partial charge in [0.2, 0.25) is 0 Å². The number of hydrogen-bond acceptors (Lipinski definition) is 2. The summed E-state index contributed by atoms with van der Waals surface area (Å²) in [6, 6.07) is 18.8. The molecule has 2 nitrogen and oxygen atoms in total. The zero-order chi connectivity index (χ0) is 18.6. The minimum Gasteiger partial charge on any atom is -0.389 e. The summed E-state index contributed by atoms with van der Waals surface area (Å²) in [6.07, 6.45) is 6.07. The molecule has 0 radical (unpaired) electrons. The van der Waals surface area contributed by atoms with Crippen LogP contribution in [0.2, 0.25) is 5.02 Å². The lowest BCUT2D eigenvalue weighted by molar-refractivity contribution is -0.0298. The van der Waals surface area contributed by atoms with Gasteiger partial charge in [-0.2, -0.15) is 0 Å². The smallest absolute Gasteiger partial charge is 0.0716 e. The van der Waals surface area contributed by atoms with Crippen LogP contribution in [-0.4, -0.2) is 29.7 Å². The molecule has 2 atom stereocenters. The van der Waals surface area contributed by atoms with Crippen molar-refractivity contribution in [2.24, 2.45) is 0 Å². The first-order valence-corrected chi connectivity index (χ1v) is 10.1. The van der Waals surface area contributed by atoms with Crippen molar-refractivity contribution in [1.82, 2.24) is 4.90 Å². The first kappa shape index (κ1) is 19.4. The Kier molecular flexibility index (Phi) is 6.39. The minimum absolute atomic E-state index is 0.104. The normalized spacial score (nSPS) is 19.3. The van der Waals surface area contributed by atoms with Gasteiger partial charge in [-0.05, 0) is 50.6 Å². The van der Waals surface area contributed by atoms with Crippen molar-refractivity contribution in [3.63, 3.8) is 0 Å². The zero-order valence-electron chi connectivity index (χ0n) is 15.9. The molecule has 26 heavy (non-hydrogen) atoms. The Balaban J connectivity index is 1.97. The van der Waals surface area contributed by atoms with Crippen molar-refractivity contribution < 1.29 is 5.11 Å². The highest BCUT2D eigenvalue weighted by Crippen LogP contribution is 2.45. The molecule has 1 aliphatic carbocycles. The second-order valence-electron chi connectivity index (χ2n) is 7.86. The summed E-state index contributed by atoms with van der Waals surface area (Å²) in [5.74, 6) is 0.104. The fourth-order valence-corrected chi connectivity index (χ4v) is 4.71. The third-order valence-electron chi connectivity index (χ3n) is 5.92. The zero-order valence-corrected chi connectivity index (χ0v) is 16.6. The van der Waals surface area contributed by atoms with E-state index >= 15 is 0 Å². The van der Waals surface area contributed by atoms with Gasteiger partial charge in [0.05, 0.1) is 5.60 Å². The second-order valence-corrected chi connectivity index (χ2v) is 8.27. The number of rotatable bonds is 6. The van der Waals surface area contributed by atoms with Crippen molar-refractivity contribution in [2.45, 2.75) is 56.1 Å². The SMILES string of the molecule is CN(C)C(CC(c1ccccc1)C1(O)CCCCC1)c1ccccc1Cl. The Hall–Kier alpha value is -1.35. The number of nitrogens with zero attached hydrogens (tertiary/aromatic N) is 1. The van der Waals surface area contributed by atoms with Crippen molar-refractivity contribution in [3.05, 3.63) is 70.7 Å². The molecular formula is C23H30ClNO. The van der Waals surface area contributed by atoms with E-state index in [1.165, 1.54) is 12.0 Å². The largest absolute Gasteiger partial charge is 0.389 e. The fourth-order valence-electron chi connectivity index (χ4n) is 4.45. The maximum atomic E-state index is 11.6. The van der Waals surface area contributed by atoms with Crippen LogP contribution >= 0.6 is 11.6 Å². The van der Waals surface area contributed by atoms with Crippen LogP contribution in [0, 0.1) is 0 Å². The standard InChI is InChI=1S/C23H30ClNO/c1-25(2)22(19-13-7-8-14-21(19)24)17-20(18-11-5-3-6-12-18)23(26)15-9-4-10-16-23/h3,5-8,11-14,20,22,26H,4,9-10,15-17H2,1-2H3. The molecule has 0 spiro atoms. The number of aliphatic hydroxyl groups is 1. The number of benzene rings is 2. The van der Waals surface area contributed by atoms with Crippen molar-refractivity contribution in [1.29, 1.82) is 0 Å².